The smallest absolute Gasteiger partial charge is 0.455 e. The van der Waals surface area contributed by atoms with E-state index in [1.54, 1.807) is 0 Å². The average molecular weight is 677 g/mol. The number of aryl methyl sites for hydroxylation is 2. The molecule has 2 aromatic carbocycles. The van der Waals surface area contributed by atoms with Gasteiger partial charge in [-0.2, -0.15) is 26.3 Å². The zero-order valence-electron chi connectivity index (χ0n) is 27.3. The molecule has 2 fully saturated rings. The standard InChI is InChI=1S/C35H38BF6NO5/c1-6-20(11-21-9-18(4)31(44)19(5)10-21)7-8-28-29-25(17(2)3)15-26-30(27(29)16-36(47)48-28)33(46)43(32(26)45)24-13-22(34(37,38)39)12-23(14-24)35(40,41)42/h9-14,17,26-28,30,44,47H,6-8,15-16H2,1-5H3/b20-11+/t26-,27+,28-,30-/m1/s1. The van der Waals surface area contributed by atoms with Crippen molar-refractivity contribution in [1.82, 2.24) is 0 Å². The minimum absolute atomic E-state index is 0.0411. The van der Waals surface area contributed by atoms with Crippen molar-refractivity contribution in [1.29, 1.82) is 0 Å². The number of imide groups is 1. The van der Waals surface area contributed by atoms with Gasteiger partial charge in [0.05, 0.1) is 34.8 Å². The molecule has 1 aliphatic carbocycles. The van der Waals surface area contributed by atoms with Crippen molar-refractivity contribution in [3.05, 3.63) is 74.9 Å². The van der Waals surface area contributed by atoms with Gasteiger partial charge in [-0.1, -0.05) is 38.0 Å². The normalized spacial score (nSPS) is 23.7. The molecule has 2 aliphatic heterocycles. The second-order valence-corrected chi connectivity index (χ2v) is 13.4. The minimum atomic E-state index is -5.15. The Bertz CT molecular complexity index is 1620. The van der Waals surface area contributed by atoms with E-state index in [9.17, 15) is 46.1 Å². The lowest BCUT2D eigenvalue weighted by Gasteiger charge is -2.44. The van der Waals surface area contributed by atoms with Gasteiger partial charge in [-0.3, -0.25) is 9.59 Å². The molecule has 5 rings (SSSR count). The van der Waals surface area contributed by atoms with Gasteiger partial charge in [-0.15, -0.1) is 0 Å². The fourth-order valence-corrected chi connectivity index (χ4v) is 7.55. The maximum Gasteiger partial charge on any atom is 0.455 e. The Kier molecular flexibility index (Phi) is 9.70. The number of phenols is 1. The van der Waals surface area contributed by atoms with E-state index in [1.807, 2.05) is 52.8 Å². The number of carbonyl (C=O) groups excluding carboxylic acids is 2. The van der Waals surface area contributed by atoms with E-state index in [0.717, 1.165) is 33.4 Å². The highest BCUT2D eigenvalue weighted by Crippen LogP contribution is 2.53. The number of fused-ring (bicyclic) bond motifs is 3. The van der Waals surface area contributed by atoms with Gasteiger partial charge in [-0.25, -0.2) is 4.90 Å². The Balaban J connectivity index is 1.49. The van der Waals surface area contributed by atoms with Crippen LogP contribution >= 0.6 is 0 Å². The van der Waals surface area contributed by atoms with E-state index in [4.69, 9.17) is 4.65 Å². The predicted octanol–water partition coefficient (Wildman–Crippen LogP) is 8.28. The molecule has 13 heteroatoms. The van der Waals surface area contributed by atoms with Gasteiger partial charge in [0, 0.05) is 0 Å². The van der Waals surface area contributed by atoms with Crippen molar-refractivity contribution in [3.8, 4) is 5.75 Å². The number of anilines is 1. The molecule has 0 saturated carbocycles. The van der Waals surface area contributed by atoms with Crippen LogP contribution in [0.3, 0.4) is 0 Å². The van der Waals surface area contributed by atoms with E-state index in [0.29, 0.717) is 36.3 Å². The summed E-state index contributed by atoms with van der Waals surface area (Å²) in [4.78, 5) is 28.2. The summed E-state index contributed by atoms with van der Waals surface area (Å²) >= 11 is 0. The van der Waals surface area contributed by atoms with E-state index in [-0.39, 0.29) is 30.5 Å². The number of benzene rings is 2. The Morgan fingerprint density at radius 3 is 2.08 bits per heavy atom. The van der Waals surface area contributed by atoms with Crippen LogP contribution in [-0.2, 0) is 26.6 Å². The van der Waals surface area contributed by atoms with Crippen molar-refractivity contribution < 1.29 is 50.7 Å². The first-order chi connectivity index (χ1) is 22.3. The van der Waals surface area contributed by atoms with Gasteiger partial charge in [-0.05, 0) is 110 Å². The first kappa shape index (κ1) is 35.7. The molecule has 0 aromatic heterocycles. The first-order valence-corrected chi connectivity index (χ1v) is 16.0. The predicted molar refractivity (Wildman–Crippen MR) is 169 cm³/mol. The average Bonchev–Trinajstić information content (AvgIpc) is 3.25. The topological polar surface area (TPSA) is 87.1 Å². The fourth-order valence-electron chi connectivity index (χ4n) is 7.55. The Morgan fingerprint density at radius 2 is 1.56 bits per heavy atom. The lowest BCUT2D eigenvalue weighted by molar-refractivity contribution is -0.143. The molecular formula is C35H38BF6NO5. The third kappa shape index (κ3) is 6.81. The molecule has 2 N–H and O–H groups in total. The number of amides is 2. The summed E-state index contributed by atoms with van der Waals surface area (Å²) < 4.78 is 88.1. The maximum atomic E-state index is 14.0. The highest BCUT2D eigenvalue weighted by molar-refractivity contribution is 6.43. The molecular weight excluding hydrogens is 639 g/mol. The highest BCUT2D eigenvalue weighted by Gasteiger charge is 2.58. The second kappa shape index (κ2) is 13.0. The quantitative estimate of drug-likeness (QED) is 0.133. The van der Waals surface area contributed by atoms with Gasteiger partial charge < -0.3 is 14.8 Å². The summed E-state index contributed by atoms with van der Waals surface area (Å²) in [5, 5.41) is 21.0. The minimum Gasteiger partial charge on any atom is -0.507 e. The molecule has 0 spiro atoms. The molecule has 258 valence electrons. The van der Waals surface area contributed by atoms with Crippen LogP contribution in [-0.4, -0.2) is 35.2 Å². The number of hydrogen-bond acceptors (Lipinski definition) is 5. The number of aromatic hydroxyl groups is 1. The number of rotatable bonds is 7. The van der Waals surface area contributed by atoms with Crippen molar-refractivity contribution >= 4 is 30.7 Å². The first-order valence-electron chi connectivity index (χ1n) is 16.0. The highest BCUT2D eigenvalue weighted by atomic mass is 19.4. The summed E-state index contributed by atoms with van der Waals surface area (Å²) in [6.07, 6.45) is -7.16. The van der Waals surface area contributed by atoms with Crippen LogP contribution in [0.2, 0.25) is 6.32 Å². The number of phenolic OH excluding ortho intramolecular Hbond substituents is 1. The van der Waals surface area contributed by atoms with Gasteiger partial charge in [0.25, 0.3) is 0 Å². The Hall–Kier alpha value is -3.58. The number of nitrogens with zero attached hydrogens (tertiary/aromatic N) is 1. The van der Waals surface area contributed by atoms with E-state index >= 15 is 0 Å². The second-order valence-electron chi connectivity index (χ2n) is 13.4. The fraction of sp³-hybridized carbons (Fsp3) is 0.486. The van der Waals surface area contributed by atoms with Crippen molar-refractivity contribution in [3.63, 3.8) is 0 Å². The molecule has 0 radical (unpaired) electrons. The van der Waals surface area contributed by atoms with Crippen LogP contribution in [0, 0.1) is 37.5 Å². The van der Waals surface area contributed by atoms with E-state index < -0.39 is 72.0 Å². The number of hydrogen-bond donors (Lipinski definition) is 2. The van der Waals surface area contributed by atoms with Gasteiger partial charge >= 0.3 is 19.5 Å². The summed E-state index contributed by atoms with van der Waals surface area (Å²) in [5.41, 5.74) is 1.06. The van der Waals surface area contributed by atoms with Crippen molar-refractivity contribution in [2.75, 3.05) is 4.90 Å². The van der Waals surface area contributed by atoms with Crippen LogP contribution in [0.4, 0.5) is 32.0 Å². The lowest BCUT2D eigenvalue weighted by Crippen LogP contribution is -2.46. The van der Waals surface area contributed by atoms with E-state index in [1.165, 1.54) is 0 Å². The molecule has 4 atom stereocenters. The maximum absolute atomic E-state index is 14.0. The van der Waals surface area contributed by atoms with Crippen LogP contribution in [0.5, 0.6) is 5.75 Å². The lowest BCUT2D eigenvalue weighted by atomic mass is 9.57. The van der Waals surface area contributed by atoms with Crippen molar-refractivity contribution in [2.24, 2.45) is 23.7 Å². The van der Waals surface area contributed by atoms with Crippen LogP contribution in [0.15, 0.2) is 47.1 Å². The Labute approximate surface area is 275 Å². The molecule has 2 saturated heterocycles. The molecule has 2 aromatic rings. The summed E-state index contributed by atoms with van der Waals surface area (Å²) in [6.45, 7) is 9.46. The summed E-state index contributed by atoms with van der Waals surface area (Å²) in [5.74, 6) is -4.41. The number of carbonyl (C=O) groups is 2. The van der Waals surface area contributed by atoms with Crippen LogP contribution in [0.1, 0.15) is 74.3 Å². The molecule has 3 aliphatic rings. The van der Waals surface area contributed by atoms with Crippen LogP contribution < -0.4 is 4.90 Å². The molecule has 48 heavy (non-hydrogen) atoms. The number of halogens is 6. The molecule has 2 amide bonds. The molecule has 0 bridgehead atoms. The SMILES string of the molecule is CC/C(=C\c1cc(C)c(O)c(C)c1)CC[C@H]1OB(O)C[C@H]2C1=C(C(C)C)C[C@H]1C(=O)N(c3cc(C(F)(F)F)cc(C(F)(F)F)c3)C(=O)[C@H]12. The molecule has 0 unspecified atom stereocenters. The molecule has 6 nitrogen and oxygen atoms in total. The van der Waals surface area contributed by atoms with Gasteiger partial charge in [0.2, 0.25) is 11.8 Å². The number of allylic oxidation sites excluding steroid dienone is 2. The largest absolute Gasteiger partial charge is 0.507 e. The summed E-state index contributed by atoms with van der Waals surface area (Å²) in [7, 11) is -1.30. The third-order valence-corrected chi connectivity index (χ3v) is 9.84. The van der Waals surface area contributed by atoms with Crippen molar-refractivity contribution in [2.45, 2.75) is 85.1 Å². The van der Waals surface area contributed by atoms with Gasteiger partial charge in [0.15, 0.2) is 0 Å². The van der Waals surface area contributed by atoms with Gasteiger partial charge in [0.1, 0.15) is 5.75 Å². The third-order valence-electron chi connectivity index (χ3n) is 9.84. The zero-order valence-corrected chi connectivity index (χ0v) is 27.3. The Morgan fingerprint density at radius 1 is 0.979 bits per heavy atom. The van der Waals surface area contributed by atoms with E-state index in [2.05, 4.69) is 0 Å². The molecule has 2 heterocycles. The number of alkyl halides is 6. The zero-order chi connectivity index (χ0) is 35.5. The summed E-state index contributed by atoms with van der Waals surface area (Å²) in [6, 6.07) is 4.52. The van der Waals surface area contributed by atoms with Crippen LogP contribution in [0.25, 0.3) is 6.08 Å². The monoisotopic (exact) mass is 677 g/mol.